The molecule has 0 spiro atoms. The van der Waals surface area contributed by atoms with Gasteiger partial charge < -0.3 is 24.9 Å². The maximum atomic E-state index is 11.2. The Hall–Kier alpha value is -3.14. The number of hydrogen-bond acceptors (Lipinski definition) is 8. The van der Waals surface area contributed by atoms with Crippen LogP contribution in [0.5, 0.6) is 11.5 Å². The van der Waals surface area contributed by atoms with E-state index in [9.17, 15) is 14.9 Å². The topological polar surface area (TPSA) is 129 Å². The van der Waals surface area contributed by atoms with Crippen LogP contribution >= 0.6 is 11.6 Å². The number of carbonyl (C=O) groups excluding carboxylic acids is 1. The highest BCUT2D eigenvalue weighted by atomic mass is 35.5. The zero-order chi connectivity index (χ0) is 17.7. The van der Waals surface area contributed by atoms with Gasteiger partial charge in [-0.05, 0) is 16.0 Å². The quantitative estimate of drug-likeness (QED) is 0.619. The van der Waals surface area contributed by atoms with Gasteiger partial charge in [-0.3, -0.25) is 5.32 Å². The molecule has 0 unspecified atom stereocenters. The zero-order valence-electron chi connectivity index (χ0n) is 12.6. The monoisotopic (exact) mass is 353 g/mol. The van der Waals surface area contributed by atoms with Crippen molar-refractivity contribution in [1.82, 2.24) is 9.97 Å². The normalized spacial score (nSPS) is 9.96. The minimum Gasteiger partial charge on any atom is -0.453 e. The molecule has 2 heterocycles. The second-order valence-corrected chi connectivity index (χ2v) is 4.62. The number of methoxy groups -OCH3 is 1. The molecule has 24 heavy (non-hydrogen) atoms. The predicted molar refractivity (Wildman–Crippen MR) is 85.8 cm³/mol. The molecular weight excluding hydrogens is 342 g/mol. The molecule has 0 saturated heterocycles. The highest BCUT2D eigenvalue weighted by molar-refractivity contribution is 6.35. The summed E-state index contributed by atoms with van der Waals surface area (Å²) < 4.78 is 10.0. The summed E-state index contributed by atoms with van der Waals surface area (Å²) in [5, 5.41) is 15.9. The van der Waals surface area contributed by atoms with Gasteiger partial charge in [-0.25, -0.2) is 9.78 Å². The van der Waals surface area contributed by atoms with Crippen LogP contribution in [0.3, 0.4) is 0 Å². The molecule has 0 aliphatic heterocycles. The van der Waals surface area contributed by atoms with Crippen LogP contribution in [0.2, 0.25) is 5.02 Å². The van der Waals surface area contributed by atoms with Crippen molar-refractivity contribution in [3.63, 3.8) is 0 Å². The van der Waals surface area contributed by atoms with E-state index < -0.39 is 16.8 Å². The van der Waals surface area contributed by atoms with Crippen LogP contribution < -0.4 is 15.4 Å². The summed E-state index contributed by atoms with van der Waals surface area (Å²) in [6.45, 7) is 0. The first-order valence-electron chi connectivity index (χ1n) is 6.45. The molecule has 10 nitrogen and oxygen atoms in total. The van der Waals surface area contributed by atoms with Crippen LogP contribution in [0.25, 0.3) is 0 Å². The van der Waals surface area contributed by atoms with E-state index in [1.807, 2.05) is 0 Å². The van der Waals surface area contributed by atoms with Gasteiger partial charge in [-0.15, -0.1) is 0 Å². The maximum absolute atomic E-state index is 11.2. The van der Waals surface area contributed by atoms with Crippen molar-refractivity contribution in [3.05, 3.63) is 39.7 Å². The smallest absolute Gasteiger partial charge is 0.412 e. The van der Waals surface area contributed by atoms with Crippen LogP contribution in [0.15, 0.2) is 24.5 Å². The number of ether oxygens (including phenoxy) is 2. The Morgan fingerprint density at radius 2 is 2.17 bits per heavy atom. The molecule has 0 saturated carbocycles. The third-order valence-corrected chi connectivity index (χ3v) is 3.14. The summed E-state index contributed by atoms with van der Waals surface area (Å²) >= 11 is 6.12. The average Bonchev–Trinajstić information content (AvgIpc) is 2.56. The molecule has 11 heteroatoms. The highest BCUT2D eigenvalue weighted by Gasteiger charge is 2.22. The van der Waals surface area contributed by atoms with Gasteiger partial charge in [0.2, 0.25) is 0 Å². The average molecular weight is 354 g/mol. The van der Waals surface area contributed by atoms with Crippen LogP contribution in [0.1, 0.15) is 0 Å². The van der Waals surface area contributed by atoms with Gasteiger partial charge in [0.15, 0.2) is 17.6 Å². The third-order valence-electron chi connectivity index (χ3n) is 2.76. The van der Waals surface area contributed by atoms with Gasteiger partial charge in [0.05, 0.1) is 7.11 Å². The second-order valence-electron chi connectivity index (χ2n) is 4.24. The maximum Gasteiger partial charge on any atom is 0.412 e. The van der Waals surface area contributed by atoms with Gasteiger partial charge in [0.25, 0.3) is 0 Å². The minimum absolute atomic E-state index is 0.00140. The SMILES string of the molecule is CNc1c([N+](=O)[O-])ncc(Oc2ccnc(NC(=O)OC)c2)c1Cl. The predicted octanol–water partition coefficient (Wildman–Crippen LogP) is 3.05. The molecule has 0 radical (unpaired) electrons. The van der Waals surface area contributed by atoms with E-state index in [0.717, 1.165) is 6.20 Å². The van der Waals surface area contributed by atoms with E-state index in [4.69, 9.17) is 16.3 Å². The van der Waals surface area contributed by atoms with E-state index in [1.54, 1.807) is 0 Å². The molecule has 126 valence electrons. The number of aromatic nitrogens is 2. The number of nitrogens with one attached hydrogen (secondary N) is 2. The van der Waals surface area contributed by atoms with Gasteiger partial charge >= 0.3 is 11.9 Å². The zero-order valence-corrected chi connectivity index (χ0v) is 13.3. The van der Waals surface area contributed by atoms with Crippen molar-refractivity contribution in [3.8, 4) is 11.5 Å². The summed E-state index contributed by atoms with van der Waals surface area (Å²) in [4.78, 5) is 29.1. The lowest BCUT2D eigenvalue weighted by molar-refractivity contribution is -0.388. The standard InChI is InChI=1S/C13H12ClN5O5/c1-15-11-10(14)8(6-17-12(11)19(21)22)24-7-3-4-16-9(5-7)18-13(20)23-2/h3-6,15H,1-2H3,(H,16,18,20). The number of amides is 1. The molecule has 0 aliphatic rings. The number of nitro groups is 1. The minimum atomic E-state index is -0.688. The van der Waals surface area contributed by atoms with Gasteiger partial charge in [0, 0.05) is 19.3 Å². The first-order chi connectivity index (χ1) is 11.5. The van der Waals surface area contributed by atoms with Gasteiger partial charge in [0.1, 0.15) is 16.6 Å². The number of halogens is 1. The Kier molecular flexibility index (Phi) is 5.32. The molecular formula is C13H12ClN5O5. The van der Waals surface area contributed by atoms with E-state index in [-0.39, 0.29) is 28.0 Å². The van der Waals surface area contributed by atoms with Crippen LogP contribution in [-0.4, -0.2) is 35.1 Å². The van der Waals surface area contributed by atoms with Gasteiger partial charge in [-0.1, -0.05) is 11.6 Å². The lowest BCUT2D eigenvalue weighted by atomic mass is 10.3. The number of hydrogen-bond donors (Lipinski definition) is 2. The largest absolute Gasteiger partial charge is 0.453 e. The van der Waals surface area contributed by atoms with Crippen molar-refractivity contribution >= 4 is 35.0 Å². The van der Waals surface area contributed by atoms with Crippen molar-refractivity contribution in [2.45, 2.75) is 0 Å². The first kappa shape index (κ1) is 17.2. The Morgan fingerprint density at radius 3 is 2.79 bits per heavy atom. The first-order valence-corrected chi connectivity index (χ1v) is 6.83. The fourth-order valence-corrected chi connectivity index (χ4v) is 1.99. The fourth-order valence-electron chi connectivity index (χ4n) is 1.72. The van der Waals surface area contributed by atoms with Crippen molar-refractivity contribution in [2.24, 2.45) is 0 Å². The Labute approximate surface area is 140 Å². The summed E-state index contributed by atoms with van der Waals surface area (Å²) in [6, 6.07) is 2.94. The van der Waals surface area contributed by atoms with Crippen LogP contribution in [-0.2, 0) is 4.74 Å². The number of rotatable bonds is 5. The van der Waals surface area contributed by atoms with E-state index >= 15 is 0 Å². The molecule has 2 N–H and O–H groups in total. The summed E-state index contributed by atoms with van der Waals surface area (Å²) in [5.74, 6) is 0.162. The summed E-state index contributed by atoms with van der Waals surface area (Å²) in [5.41, 5.74) is 0.0288. The molecule has 0 aromatic carbocycles. The number of carbonyl (C=O) groups is 1. The lowest BCUT2D eigenvalue weighted by Gasteiger charge is -2.10. The van der Waals surface area contributed by atoms with E-state index in [2.05, 4.69) is 25.3 Å². The van der Waals surface area contributed by atoms with Crippen molar-refractivity contribution in [1.29, 1.82) is 0 Å². The Balaban J connectivity index is 2.30. The molecule has 0 bridgehead atoms. The molecule has 2 aromatic heterocycles. The number of anilines is 2. The van der Waals surface area contributed by atoms with E-state index in [1.165, 1.54) is 32.5 Å². The van der Waals surface area contributed by atoms with Gasteiger partial charge in [-0.2, -0.15) is 0 Å². The molecule has 0 atom stereocenters. The Morgan fingerprint density at radius 1 is 1.42 bits per heavy atom. The fraction of sp³-hybridized carbons (Fsp3) is 0.154. The van der Waals surface area contributed by atoms with Crippen molar-refractivity contribution < 1.29 is 19.2 Å². The summed E-state index contributed by atoms with van der Waals surface area (Å²) in [6.07, 6.45) is 1.84. The highest BCUT2D eigenvalue weighted by Crippen LogP contribution is 2.39. The number of nitrogens with zero attached hydrogens (tertiary/aromatic N) is 3. The number of pyridine rings is 2. The molecule has 0 aliphatic carbocycles. The molecule has 0 fully saturated rings. The molecule has 2 aromatic rings. The third kappa shape index (κ3) is 3.79. The Bertz CT molecular complexity index is 785. The molecule has 1 amide bonds. The second kappa shape index (κ2) is 7.42. The van der Waals surface area contributed by atoms with Crippen LogP contribution in [0, 0.1) is 10.1 Å². The molecule has 2 rings (SSSR count). The van der Waals surface area contributed by atoms with Crippen LogP contribution in [0.4, 0.5) is 22.1 Å². The summed E-state index contributed by atoms with van der Waals surface area (Å²) in [7, 11) is 2.70. The lowest BCUT2D eigenvalue weighted by Crippen LogP contribution is -2.11. The van der Waals surface area contributed by atoms with Crippen molar-refractivity contribution in [2.75, 3.05) is 24.8 Å². The van der Waals surface area contributed by atoms with E-state index in [0.29, 0.717) is 0 Å².